The van der Waals surface area contributed by atoms with Crippen molar-refractivity contribution in [3.63, 3.8) is 0 Å². The molecule has 1 N–H and O–H groups in total. The molecule has 1 nitrogen and oxygen atoms in total. The maximum Gasteiger partial charge on any atom is 0.127 e. The van der Waals surface area contributed by atoms with Crippen LogP contribution >= 0.6 is 23.2 Å². The first kappa shape index (κ1) is 16.3. The van der Waals surface area contributed by atoms with Gasteiger partial charge in [0.05, 0.1) is 5.02 Å². The summed E-state index contributed by atoms with van der Waals surface area (Å²) in [6.07, 6.45) is 1.06. The van der Waals surface area contributed by atoms with Gasteiger partial charge in [0.2, 0.25) is 0 Å². The minimum absolute atomic E-state index is 0.289. The zero-order chi connectivity index (χ0) is 15.4. The highest BCUT2D eigenvalue weighted by atomic mass is 35.5. The van der Waals surface area contributed by atoms with Gasteiger partial charge in [-0.2, -0.15) is 0 Å². The Kier molecular flexibility index (Phi) is 5.63. The summed E-state index contributed by atoms with van der Waals surface area (Å²) < 4.78 is 13.6. The maximum absolute atomic E-state index is 13.6. The van der Waals surface area contributed by atoms with Crippen molar-refractivity contribution in [2.75, 3.05) is 6.54 Å². The van der Waals surface area contributed by atoms with Gasteiger partial charge in [-0.3, -0.25) is 0 Å². The van der Waals surface area contributed by atoms with Crippen LogP contribution in [-0.2, 0) is 6.54 Å². The third-order valence-electron chi connectivity index (χ3n) is 3.35. The summed E-state index contributed by atoms with van der Waals surface area (Å²) in [6.45, 7) is 5.49. The summed E-state index contributed by atoms with van der Waals surface area (Å²) in [5.41, 5.74) is 3.46. The van der Waals surface area contributed by atoms with Crippen LogP contribution in [-0.4, -0.2) is 6.54 Å². The monoisotopic (exact) mass is 325 g/mol. The van der Waals surface area contributed by atoms with Crippen LogP contribution in [0.3, 0.4) is 0 Å². The topological polar surface area (TPSA) is 12.0 Å². The van der Waals surface area contributed by atoms with Crippen LogP contribution in [0.25, 0.3) is 11.1 Å². The molecule has 2 aromatic carbocycles. The second-order valence-corrected chi connectivity index (χ2v) is 5.90. The second-order valence-electron chi connectivity index (χ2n) is 5.06. The number of nitrogens with one attached hydrogen (secondary N) is 1. The lowest BCUT2D eigenvalue weighted by Crippen LogP contribution is -2.14. The van der Waals surface area contributed by atoms with E-state index in [9.17, 15) is 4.39 Å². The highest BCUT2D eigenvalue weighted by Crippen LogP contribution is 2.33. The smallest absolute Gasteiger partial charge is 0.127 e. The molecule has 2 aromatic rings. The summed E-state index contributed by atoms with van der Waals surface area (Å²) >= 11 is 12.3. The van der Waals surface area contributed by atoms with Gasteiger partial charge in [-0.1, -0.05) is 36.2 Å². The summed E-state index contributed by atoms with van der Waals surface area (Å²) in [6, 6.07) is 8.84. The molecular weight excluding hydrogens is 308 g/mol. The SMILES string of the molecule is CCCNCc1cc(Cl)ccc1-c1cc(C)c(F)cc1Cl. The van der Waals surface area contributed by atoms with E-state index in [0.717, 1.165) is 29.7 Å². The van der Waals surface area contributed by atoms with Crippen LogP contribution in [0.1, 0.15) is 24.5 Å². The van der Waals surface area contributed by atoms with Crippen LogP contribution in [0.2, 0.25) is 10.0 Å². The van der Waals surface area contributed by atoms with Crippen molar-refractivity contribution in [2.45, 2.75) is 26.8 Å². The Hall–Kier alpha value is -1.09. The minimum atomic E-state index is -0.289. The number of hydrogen-bond donors (Lipinski definition) is 1. The standard InChI is InChI=1S/C17H18Cl2FN/c1-3-6-21-10-12-8-13(18)4-5-14(12)15-7-11(2)17(20)9-16(15)19/h4-5,7-9,21H,3,6,10H2,1-2H3. The molecule has 0 saturated carbocycles. The van der Waals surface area contributed by atoms with Gasteiger partial charge in [0.25, 0.3) is 0 Å². The van der Waals surface area contributed by atoms with Crippen molar-refractivity contribution in [3.8, 4) is 11.1 Å². The maximum atomic E-state index is 13.6. The van der Waals surface area contributed by atoms with Gasteiger partial charge in [-0.05, 0) is 60.8 Å². The van der Waals surface area contributed by atoms with Crippen molar-refractivity contribution in [1.82, 2.24) is 5.32 Å². The lowest BCUT2D eigenvalue weighted by molar-refractivity contribution is 0.619. The first-order chi connectivity index (χ1) is 10.0. The largest absolute Gasteiger partial charge is 0.313 e. The van der Waals surface area contributed by atoms with Gasteiger partial charge in [-0.25, -0.2) is 4.39 Å². The van der Waals surface area contributed by atoms with E-state index in [1.54, 1.807) is 13.0 Å². The fraction of sp³-hybridized carbons (Fsp3) is 0.294. The molecule has 0 spiro atoms. The van der Waals surface area contributed by atoms with E-state index in [4.69, 9.17) is 23.2 Å². The Balaban J connectivity index is 2.45. The molecule has 112 valence electrons. The van der Waals surface area contributed by atoms with Gasteiger partial charge in [-0.15, -0.1) is 0 Å². The summed E-state index contributed by atoms with van der Waals surface area (Å²) in [5, 5.41) is 4.45. The molecule has 0 aliphatic carbocycles. The molecule has 0 aliphatic rings. The zero-order valence-corrected chi connectivity index (χ0v) is 13.7. The number of benzene rings is 2. The molecule has 21 heavy (non-hydrogen) atoms. The molecule has 0 heterocycles. The van der Waals surface area contributed by atoms with E-state index in [0.29, 0.717) is 22.2 Å². The Bertz CT molecular complexity index is 641. The molecule has 0 bridgehead atoms. The first-order valence-corrected chi connectivity index (χ1v) is 7.73. The van der Waals surface area contributed by atoms with Crippen molar-refractivity contribution in [3.05, 3.63) is 57.3 Å². The average molecular weight is 326 g/mol. The van der Waals surface area contributed by atoms with Crippen molar-refractivity contribution < 1.29 is 4.39 Å². The molecule has 0 atom stereocenters. The lowest BCUT2D eigenvalue weighted by Gasteiger charge is -2.13. The molecule has 0 aliphatic heterocycles. The first-order valence-electron chi connectivity index (χ1n) is 6.98. The third-order valence-corrected chi connectivity index (χ3v) is 3.90. The van der Waals surface area contributed by atoms with E-state index < -0.39 is 0 Å². The highest BCUT2D eigenvalue weighted by molar-refractivity contribution is 6.33. The average Bonchev–Trinajstić information content (AvgIpc) is 2.44. The van der Waals surface area contributed by atoms with Gasteiger partial charge in [0, 0.05) is 17.1 Å². The second kappa shape index (κ2) is 7.26. The van der Waals surface area contributed by atoms with Gasteiger partial charge in [0.1, 0.15) is 5.82 Å². The molecule has 0 radical (unpaired) electrons. The number of rotatable bonds is 5. The fourth-order valence-corrected chi connectivity index (χ4v) is 2.68. The van der Waals surface area contributed by atoms with Crippen LogP contribution < -0.4 is 5.32 Å². The normalized spacial score (nSPS) is 10.9. The number of hydrogen-bond acceptors (Lipinski definition) is 1. The number of halogens is 3. The predicted molar refractivity (Wildman–Crippen MR) is 88.6 cm³/mol. The molecule has 0 fully saturated rings. The Morgan fingerprint density at radius 3 is 2.57 bits per heavy atom. The minimum Gasteiger partial charge on any atom is -0.313 e. The van der Waals surface area contributed by atoms with Gasteiger partial charge < -0.3 is 5.32 Å². The molecule has 0 aromatic heterocycles. The van der Waals surface area contributed by atoms with E-state index in [2.05, 4.69) is 12.2 Å². The van der Waals surface area contributed by atoms with Crippen LogP contribution in [0.15, 0.2) is 30.3 Å². The zero-order valence-electron chi connectivity index (χ0n) is 12.1. The predicted octanol–water partition coefficient (Wildman–Crippen LogP) is 5.61. The number of aryl methyl sites for hydroxylation is 1. The molecule has 0 saturated heterocycles. The molecule has 4 heteroatoms. The Morgan fingerprint density at radius 2 is 1.86 bits per heavy atom. The molecule has 0 unspecified atom stereocenters. The lowest BCUT2D eigenvalue weighted by atomic mass is 9.98. The van der Waals surface area contributed by atoms with Crippen molar-refractivity contribution >= 4 is 23.2 Å². The fourth-order valence-electron chi connectivity index (χ4n) is 2.23. The molecular formula is C17H18Cl2FN. The molecule has 2 rings (SSSR count). The quantitative estimate of drug-likeness (QED) is 0.705. The Morgan fingerprint density at radius 1 is 1.10 bits per heavy atom. The van der Waals surface area contributed by atoms with Crippen LogP contribution in [0.5, 0.6) is 0 Å². The van der Waals surface area contributed by atoms with Crippen molar-refractivity contribution in [2.24, 2.45) is 0 Å². The van der Waals surface area contributed by atoms with E-state index >= 15 is 0 Å². The Labute approximate surface area is 135 Å². The van der Waals surface area contributed by atoms with E-state index in [1.807, 2.05) is 18.2 Å². The van der Waals surface area contributed by atoms with E-state index in [-0.39, 0.29) is 5.82 Å². The van der Waals surface area contributed by atoms with Crippen LogP contribution in [0, 0.1) is 12.7 Å². The third kappa shape index (κ3) is 3.97. The summed E-state index contributed by atoms with van der Waals surface area (Å²) in [4.78, 5) is 0. The summed E-state index contributed by atoms with van der Waals surface area (Å²) in [7, 11) is 0. The van der Waals surface area contributed by atoms with E-state index in [1.165, 1.54) is 6.07 Å². The van der Waals surface area contributed by atoms with Gasteiger partial charge >= 0.3 is 0 Å². The van der Waals surface area contributed by atoms with Gasteiger partial charge in [0.15, 0.2) is 0 Å². The summed E-state index contributed by atoms with van der Waals surface area (Å²) in [5.74, 6) is -0.289. The van der Waals surface area contributed by atoms with Crippen LogP contribution in [0.4, 0.5) is 4.39 Å². The molecule has 0 amide bonds. The highest BCUT2D eigenvalue weighted by Gasteiger charge is 2.12. The van der Waals surface area contributed by atoms with Crippen molar-refractivity contribution in [1.29, 1.82) is 0 Å².